The van der Waals surface area contributed by atoms with Crippen LogP contribution in [-0.2, 0) is 9.84 Å². The van der Waals surface area contributed by atoms with Crippen LogP contribution >= 0.6 is 11.3 Å². The van der Waals surface area contributed by atoms with E-state index in [2.05, 4.69) is 5.32 Å². The monoisotopic (exact) mass is 345 g/mol. The Morgan fingerprint density at radius 2 is 1.82 bits per heavy atom. The fourth-order valence-corrected chi connectivity index (χ4v) is 3.24. The lowest BCUT2D eigenvalue weighted by Crippen LogP contribution is -2.26. The number of thiophene rings is 1. The lowest BCUT2D eigenvalue weighted by Gasteiger charge is -2.12. The third-order valence-electron chi connectivity index (χ3n) is 3.00. The molecule has 1 aromatic heterocycles. The molecule has 1 unspecified atom stereocenters. The van der Waals surface area contributed by atoms with Crippen molar-refractivity contribution in [1.29, 1.82) is 0 Å². The maximum atomic E-state index is 12.4. The molecule has 2 aromatic rings. The highest BCUT2D eigenvalue weighted by Crippen LogP contribution is 2.20. The summed E-state index contributed by atoms with van der Waals surface area (Å²) < 4.78 is 47.4. The normalized spacial score (nSPS) is 13.1. The van der Waals surface area contributed by atoms with Gasteiger partial charge < -0.3 is 5.32 Å². The van der Waals surface area contributed by atoms with Crippen LogP contribution in [0.4, 0.5) is 8.78 Å². The molecule has 1 aromatic carbocycles. The molecule has 0 bridgehead atoms. The minimum Gasteiger partial charge on any atom is -0.345 e. The number of carbonyl (C=O) groups is 1. The van der Waals surface area contributed by atoms with E-state index in [1.54, 1.807) is 0 Å². The summed E-state index contributed by atoms with van der Waals surface area (Å²) in [4.78, 5) is 12.5. The van der Waals surface area contributed by atoms with E-state index < -0.39 is 26.4 Å². The standard InChI is InChI=1S/C14H13F2NO3S2/c1-9(12-3-2-8-21-12)17-13(18)10-4-6-11(7-5-10)22(19,20)14(15)16/h2-9,14H,1H3,(H,17,18). The van der Waals surface area contributed by atoms with Crippen LogP contribution in [-0.4, -0.2) is 20.1 Å². The average Bonchev–Trinajstić information content (AvgIpc) is 3.01. The Morgan fingerprint density at radius 3 is 2.32 bits per heavy atom. The lowest BCUT2D eigenvalue weighted by molar-refractivity contribution is 0.0940. The quantitative estimate of drug-likeness (QED) is 0.905. The van der Waals surface area contributed by atoms with Gasteiger partial charge in [0.2, 0.25) is 9.84 Å². The van der Waals surface area contributed by atoms with Gasteiger partial charge in [-0.15, -0.1) is 11.3 Å². The maximum absolute atomic E-state index is 12.4. The molecule has 4 nitrogen and oxygen atoms in total. The van der Waals surface area contributed by atoms with Crippen molar-refractivity contribution in [2.75, 3.05) is 0 Å². The van der Waals surface area contributed by atoms with Crippen molar-refractivity contribution in [1.82, 2.24) is 5.32 Å². The molecular weight excluding hydrogens is 332 g/mol. The van der Waals surface area contributed by atoms with Crippen molar-refractivity contribution < 1.29 is 22.0 Å². The highest BCUT2D eigenvalue weighted by atomic mass is 32.2. The van der Waals surface area contributed by atoms with E-state index in [1.165, 1.54) is 23.5 Å². The van der Waals surface area contributed by atoms with Crippen molar-refractivity contribution in [3.8, 4) is 0 Å². The molecule has 0 saturated carbocycles. The summed E-state index contributed by atoms with van der Waals surface area (Å²) >= 11 is 1.50. The summed E-state index contributed by atoms with van der Waals surface area (Å²) in [5.74, 6) is -3.88. The van der Waals surface area contributed by atoms with Crippen LogP contribution in [0.15, 0.2) is 46.7 Å². The highest BCUT2D eigenvalue weighted by molar-refractivity contribution is 7.91. The molecule has 0 saturated heterocycles. The number of carbonyl (C=O) groups excluding carboxylic acids is 1. The van der Waals surface area contributed by atoms with E-state index in [4.69, 9.17) is 0 Å². The van der Waals surface area contributed by atoms with E-state index in [1.807, 2.05) is 24.4 Å². The summed E-state index contributed by atoms with van der Waals surface area (Å²) in [5.41, 5.74) is 0.205. The number of hydrogen-bond donors (Lipinski definition) is 1. The largest absolute Gasteiger partial charge is 0.345 e. The van der Waals surface area contributed by atoms with Gasteiger partial charge in [0, 0.05) is 10.4 Å². The maximum Gasteiger partial charge on any atom is 0.341 e. The molecule has 2 rings (SSSR count). The fraction of sp³-hybridized carbons (Fsp3) is 0.214. The molecule has 8 heteroatoms. The Morgan fingerprint density at radius 1 is 1.18 bits per heavy atom. The molecule has 0 fully saturated rings. The Hall–Kier alpha value is -1.80. The molecule has 118 valence electrons. The van der Waals surface area contributed by atoms with E-state index in [0.29, 0.717) is 0 Å². The highest BCUT2D eigenvalue weighted by Gasteiger charge is 2.26. The number of sulfone groups is 1. The van der Waals surface area contributed by atoms with Gasteiger partial charge in [0.25, 0.3) is 5.91 Å². The molecule has 1 amide bonds. The van der Waals surface area contributed by atoms with Gasteiger partial charge in [0.15, 0.2) is 0 Å². The van der Waals surface area contributed by atoms with Crippen LogP contribution in [0.5, 0.6) is 0 Å². The Labute approximate surface area is 130 Å². The molecule has 0 radical (unpaired) electrons. The molecule has 22 heavy (non-hydrogen) atoms. The van der Waals surface area contributed by atoms with Crippen molar-refractivity contribution in [2.45, 2.75) is 23.6 Å². The number of alkyl halides is 2. The Kier molecular flexibility index (Phi) is 4.92. The van der Waals surface area contributed by atoms with Crippen molar-refractivity contribution in [3.05, 3.63) is 52.2 Å². The summed E-state index contributed by atoms with van der Waals surface area (Å²) in [6.45, 7) is 1.82. The predicted molar refractivity (Wildman–Crippen MR) is 79.8 cm³/mol. The lowest BCUT2D eigenvalue weighted by atomic mass is 10.2. The summed E-state index contributed by atoms with van der Waals surface area (Å²) in [7, 11) is -4.64. The zero-order valence-corrected chi connectivity index (χ0v) is 13.1. The number of benzene rings is 1. The van der Waals surface area contributed by atoms with Crippen LogP contribution in [0.2, 0.25) is 0 Å². The molecule has 0 spiro atoms. The van der Waals surface area contributed by atoms with Gasteiger partial charge in [-0.2, -0.15) is 8.78 Å². The van der Waals surface area contributed by atoms with Gasteiger partial charge >= 0.3 is 5.76 Å². The van der Waals surface area contributed by atoms with Gasteiger partial charge in [-0.05, 0) is 42.6 Å². The minimum absolute atomic E-state index is 0.197. The van der Waals surface area contributed by atoms with Crippen LogP contribution < -0.4 is 5.32 Å². The Bertz CT molecular complexity index is 741. The van der Waals surface area contributed by atoms with Crippen LogP contribution in [0.3, 0.4) is 0 Å². The molecule has 1 atom stereocenters. The number of rotatable bonds is 5. The molecule has 0 aliphatic heterocycles. The zero-order chi connectivity index (χ0) is 16.3. The first-order chi connectivity index (χ1) is 10.3. The van der Waals surface area contributed by atoms with E-state index >= 15 is 0 Å². The van der Waals surface area contributed by atoms with E-state index in [-0.39, 0.29) is 11.6 Å². The number of amides is 1. The second kappa shape index (κ2) is 6.53. The first-order valence-electron chi connectivity index (χ1n) is 6.28. The van der Waals surface area contributed by atoms with Crippen LogP contribution in [0, 0.1) is 0 Å². The summed E-state index contributed by atoms with van der Waals surface area (Å²) in [6, 6.07) is 7.99. The SMILES string of the molecule is CC(NC(=O)c1ccc(S(=O)(=O)C(F)F)cc1)c1cccs1. The zero-order valence-electron chi connectivity index (χ0n) is 11.5. The van der Waals surface area contributed by atoms with E-state index in [0.717, 1.165) is 17.0 Å². The van der Waals surface area contributed by atoms with Gasteiger partial charge in [-0.1, -0.05) is 6.07 Å². The molecular formula is C14H13F2NO3S2. The fourth-order valence-electron chi connectivity index (χ4n) is 1.79. The smallest absolute Gasteiger partial charge is 0.341 e. The van der Waals surface area contributed by atoms with Gasteiger partial charge in [0.05, 0.1) is 10.9 Å². The molecule has 0 aliphatic carbocycles. The molecule has 1 N–H and O–H groups in total. The van der Waals surface area contributed by atoms with Crippen LogP contribution in [0.25, 0.3) is 0 Å². The number of hydrogen-bond acceptors (Lipinski definition) is 4. The van der Waals surface area contributed by atoms with Crippen molar-refractivity contribution >= 4 is 27.1 Å². The molecule has 1 heterocycles. The van der Waals surface area contributed by atoms with Gasteiger partial charge in [0.1, 0.15) is 0 Å². The first kappa shape index (κ1) is 16.6. The third-order valence-corrected chi connectivity index (χ3v) is 5.45. The summed E-state index contributed by atoms with van der Waals surface area (Å²) in [6.07, 6.45) is 0. The number of halogens is 2. The Balaban J connectivity index is 2.12. The summed E-state index contributed by atoms with van der Waals surface area (Å²) in [5, 5.41) is 4.64. The van der Waals surface area contributed by atoms with Gasteiger partial charge in [-0.25, -0.2) is 8.42 Å². The second-order valence-corrected chi connectivity index (χ2v) is 7.44. The topological polar surface area (TPSA) is 63.2 Å². The number of nitrogens with one attached hydrogen (secondary N) is 1. The minimum atomic E-state index is -4.64. The van der Waals surface area contributed by atoms with Gasteiger partial charge in [-0.3, -0.25) is 4.79 Å². The first-order valence-corrected chi connectivity index (χ1v) is 8.71. The average molecular weight is 345 g/mol. The molecule has 0 aliphatic rings. The predicted octanol–water partition coefficient (Wildman–Crippen LogP) is 3.24. The van der Waals surface area contributed by atoms with Crippen molar-refractivity contribution in [2.24, 2.45) is 0 Å². The third kappa shape index (κ3) is 3.50. The van der Waals surface area contributed by atoms with Crippen LogP contribution in [0.1, 0.15) is 28.2 Å². The second-order valence-electron chi connectivity index (χ2n) is 4.54. The van der Waals surface area contributed by atoms with E-state index in [9.17, 15) is 22.0 Å². The van der Waals surface area contributed by atoms with Crippen molar-refractivity contribution in [3.63, 3.8) is 0 Å².